The normalized spacial score (nSPS) is 15.5. The predicted molar refractivity (Wildman–Crippen MR) is 148 cm³/mol. The van der Waals surface area contributed by atoms with Crippen LogP contribution in [0.1, 0.15) is 31.7 Å². The van der Waals surface area contributed by atoms with Gasteiger partial charge in [-0.25, -0.2) is 9.79 Å². The van der Waals surface area contributed by atoms with Crippen molar-refractivity contribution in [2.24, 2.45) is 4.99 Å². The standard InChI is InChI=1S/C27H34Cl2N4O4/c1-2-30-27(34)37-19-36-25-11-9-20-8-10-21(18-23(20)31-25)35-17-4-3-12-32-13-15-33(16-14-32)24-7-5-6-22(28)26(24)29/h5-8,10,18H,2-4,9,11-17,19H2,1H3,(H,30,34). The van der Waals surface area contributed by atoms with Gasteiger partial charge in [0.25, 0.3) is 0 Å². The number of piperazine rings is 1. The first-order chi connectivity index (χ1) is 18.0. The number of unbranched alkanes of at least 4 members (excludes halogenated alkanes) is 1. The maximum absolute atomic E-state index is 11.4. The zero-order valence-corrected chi connectivity index (χ0v) is 22.7. The number of fused-ring (bicyclic) bond motifs is 1. The molecule has 1 saturated heterocycles. The molecule has 0 aromatic heterocycles. The number of nitrogens with one attached hydrogen (secondary N) is 1. The van der Waals surface area contributed by atoms with Gasteiger partial charge in [-0.1, -0.05) is 35.3 Å². The number of rotatable bonds is 10. The van der Waals surface area contributed by atoms with Crippen molar-refractivity contribution in [1.29, 1.82) is 0 Å². The fraction of sp³-hybridized carbons (Fsp3) is 0.481. The van der Waals surface area contributed by atoms with Gasteiger partial charge in [-0.05, 0) is 56.5 Å². The molecule has 2 heterocycles. The number of aliphatic imine (C=N–C) groups is 1. The molecule has 2 aromatic carbocycles. The molecule has 10 heteroatoms. The maximum atomic E-state index is 11.4. The second kappa shape index (κ2) is 13.7. The van der Waals surface area contributed by atoms with Gasteiger partial charge in [-0.3, -0.25) is 4.90 Å². The van der Waals surface area contributed by atoms with Crippen LogP contribution in [-0.4, -0.2) is 69.6 Å². The number of halogens is 2. The number of nitrogens with zero attached hydrogens (tertiary/aromatic N) is 3. The van der Waals surface area contributed by atoms with Crippen molar-refractivity contribution in [1.82, 2.24) is 10.2 Å². The molecule has 0 aliphatic carbocycles. The summed E-state index contributed by atoms with van der Waals surface area (Å²) in [6.07, 6.45) is 3.05. The molecule has 2 aliphatic heterocycles. The SMILES string of the molecule is CCNC(=O)OCOC1=Nc2cc(OCCCCN3CCN(c4cccc(Cl)c4Cl)CC3)ccc2CC1. The van der Waals surface area contributed by atoms with Gasteiger partial charge in [0.2, 0.25) is 6.79 Å². The van der Waals surface area contributed by atoms with Gasteiger partial charge in [0.05, 0.1) is 28.0 Å². The van der Waals surface area contributed by atoms with Crippen LogP contribution in [0.15, 0.2) is 41.4 Å². The van der Waals surface area contributed by atoms with Crippen molar-refractivity contribution in [2.45, 2.75) is 32.6 Å². The Labute approximate surface area is 228 Å². The summed E-state index contributed by atoms with van der Waals surface area (Å²) in [4.78, 5) is 20.7. The Morgan fingerprint density at radius 2 is 1.89 bits per heavy atom. The topological polar surface area (TPSA) is 75.6 Å². The summed E-state index contributed by atoms with van der Waals surface area (Å²) in [6.45, 7) is 7.78. The van der Waals surface area contributed by atoms with E-state index in [-0.39, 0.29) is 6.79 Å². The minimum atomic E-state index is -0.500. The predicted octanol–water partition coefficient (Wildman–Crippen LogP) is 5.67. The van der Waals surface area contributed by atoms with Gasteiger partial charge in [0.15, 0.2) is 5.90 Å². The number of aryl methyl sites for hydroxylation is 1. The molecule has 0 saturated carbocycles. The molecule has 1 fully saturated rings. The molecular formula is C27H34Cl2N4O4. The minimum Gasteiger partial charge on any atom is -0.494 e. The molecule has 0 spiro atoms. The maximum Gasteiger partial charge on any atom is 0.410 e. The summed E-state index contributed by atoms with van der Waals surface area (Å²) >= 11 is 12.6. The van der Waals surface area contributed by atoms with Gasteiger partial charge < -0.3 is 24.4 Å². The van der Waals surface area contributed by atoms with Crippen LogP contribution in [0.5, 0.6) is 5.75 Å². The molecule has 0 unspecified atom stereocenters. The monoisotopic (exact) mass is 548 g/mol. The summed E-state index contributed by atoms with van der Waals surface area (Å²) in [5, 5.41) is 3.79. The number of carbonyl (C=O) groups excluding carboxylic acids is 1. The second-order valence-electron chi connectivity index (χ2n) is 8.98. The Bertz CT molecular complexity index is 1090. The fourth-order valence-electron chi connectivity index (χ4n) is 4.41. The third-order valence-corrected chi connectivity index (χ3v) is 7.24. The van der Waals surface area contributed by atoms with Crippen LogP contribution in [0.4, 0.5) is 16.2 Å². The van der Waals surface area contributed by atoms with E-state index in [9.17, 15) is 4.79 Å². The van der Waals surface area contributed by atoms with Crippen LogP contribution in [0.3, 0.4) is 0 Å². The van der Waals surface area contributed by atoms with Crippen LogP contribution in [-0.2, 0) is 15.9 Å². The quantitative estimate of drug-likeness (QED) is 0.304. The Kier molecular flexibility index (Phi) is 10.2. The Hall–Kier alpha value is -2.68. The molecule has 200 valence electrons. The van der Waals surface area contributed by atoms with E-state index in [4.69, 9.17) is 37.4 Å². The van der Waals surface area contributed by atoms with Gasteiger partial charge in [-0.15, -0.1) is 0 Å². The lowest BCUT2D eigenvalue weighted by Crippen LogP contribution is -2.46. The first kappa shape index (κ1) is 27.4. The van der Waals surface area contributed by atoms with Crippen molar-refractivity contribution in [3.63, 3.8) is 0 Å². The van der Waals surface area contributed by atoms with Crippen molar-refractivity contribution in [2.75, 3.05) is 57.6 Å². The highest BCUT2D eigenvalue weighted by Crippen LogP contribution is 2.33. The Balaban J connectivity index is 1.15. The second-order valence-corrected chi connectivity index (χ2v) is 9.76. The highest BCUT2D eigenvalue weighted by Gasteiger charge is 2.19. The third kappa shape index (κ3) is 7.90. The average molecular weight is 549 g/mol. The van der Waals surface area contributed by atoms with E-state index >= 15 is 0 Å². The van der Waals surface area contributed by atoms with Crippen molar-refractivity contribution in [3.05, 3.63) is 52.0 Å². The van der Waals surface area contributed by atoms with Crippen LogP contribution in [0.2, 0.25) is 10.0 Å². The lowest BCUT2D eigenvalue weighted by atomic mass is 10.0. The van der Waals surface area contributed by atoms with Crippen LogP contribution < -0.4 is 15.0 Å². The summed E-state index contributed by atoms with van der Waals surface area (Å²) in [5.74, 6) is 1.36. The molecule has 0 bridgehead atoms. The van der Waals surface area contributed by atoms with E-state index in [1.54, 1.807) is 0 Å². The lowest BCUT2D eigenvalue weighted by Gasteiger charge is -2.36. The number of hydrogen-bond acceptors (Lipinski definition) is 7. The average Bonchev–Trinajstić information content (AvgIpc) is 2.90. The Morgan fingerprint density at radius 1 is 1.05 bits per heavy atom. The molecule has 2 aliphatic rings. The largest absolute Gasteiger partial charge is 0.494 e. The number of hydrogen-bond donors (Lipinski definition) is 1. The molecule has 4 rings (SSSR count). The zero-order valence-electron chi connectivity index (χ0n) is 21.2. The lowest BCUT2D eigenvalue weighted by molar-refractivity contribution is 0.0508. The molecule has 37 heavy (non-hydrogen) atoms. The van der Waals surface area contributed by atoms with Crippen LogP contribution >= 0.6 is 23.2 Å². The minimum absolute atomic E-state index is 0.153. The van der Waals surface area contributed by atoms with Crippen molar-refractivity contribution >= 4 is 46.6 Å². The van der Waals surface area contributed by atoms with E-state index in [2.05, 4.69) is 26.2 Å². The number of benzene rings is 2. The molecular weight excluding hydrogens is 515 g/mol. The number of anilines is 1. The number of amides is 1. The summed E-state index contributed by atoms with van der Waals surface area (Å²) < 4.78 is 16.5. The van der Waals surface area contributed by atoms with E-state index in [0.29, 0.717) is 35.5 Å². The summed E-state index contributed by atoms with van der Waals surface area (Å²) in [7, 11) is 0. The first-order valence-electron chi connectivity index (χ1n) is 12.8. The summed E-state index contributed by atoms with van der Waals surface area (Å²) in [5.41, 5.74) is 3.01. The molecule has 8 nitrogen and oxygen atoms in total. The van der Waals surface area contributed by atoms with Crippen LogP contribution in [0, 0.1) is 0 Å². The highest BCUT2D eigenvalue weighted by atomic mass is 35.5. The van der Waals surface area contributed by atoms with E-state index in [0.717, 1.165) is 74.7 Å². The number of ether oxygens (including phenoxy) is 3. The van der Waals surface area contributed by atoms with Crippen LogP contribution in [0.25, 0.3) is 0 Å². The van der Waals surface area contributed by atoms with Crippen molar-refractivity contribution < 1.29 is 19.0 Å². The Morgan fingerprint density at radius 3 is 2.70 bits per heavy atom. The molecule has 0 radical (unpaired) electrons. The first-order valence-corrected chi connectivity index (χ1v) is 13.6. The van der Waals surface area contributed by atoms with Crippen molar-refractivity contribution in [3.8, 4) is 5.75 Å². The zero-order chi connectivity index (χ0) is 26.0. The molecule has 1 N–H and O–H groups in total. The summed E-state index contributed by atoms with van der Waals surface area (Å²) in [6, 6.07) is 11.8. The molecule has 0 atom stereocenters. The van der Waals surface area contributed by atoms with Gasteiger partial charge >= 0.3 is 6.09 Å². The third-order valence-electron chi connectivity index (χ3n) is 6.43. The van der Waals surface area contributed by atoms with Gasteiger partial charge in [0.1, 0.15) is 5.75 Å². The van der Waals surface area contributed by atoms with E-state index in [1.807, 2.05) is 37.3 Å². The van der Waals surface area contributed by atoms with E-state index in [1.165, 1.54) is 0 Å². The van der Waals surface area contributed by atoms with Gasteiger partial charge in [0, 0.05) is 45.2 Å². The molecule has 1 amide bonds. The smallest absolute Gasteiger partial charge is 0.410 e. The number of carbonyl (C=O) groups is 1. The fourth-order valence-corrected chi connectivity index (χ4v) is 4.82. The van der Waals surface area contributed by atoms with E-state index < -0.39 is 6.09 Å². The highest BCUT2D eigenvalue weighted by molar-refractivity contribution is 6.43. The van der Waals surface area contributed by atoms with Gasteiger partial charge in [-0.2, -0.15) is 0 Å². The number of alkyl carbamates (subject to hydrolysis) is 1. The molecule has 2 aromatic rings.